The number of halogens is 1. The summed E-state index contributed by atoms with van der Waals surface area (Å²) in [5, 5.41) is 14.2. The van der Waals surface area contributed by atoms with E-state index in [1.165, 1.54) is 0 Å². The number of aliphatic hydroxyl groups is 1. The molecule has 0 atom stereocenters. The minimum Gasteiger partial charge on any atom is -1.00 e. The molecule has 14 nitrogen and oxygen atoms in total. The smallest absolute Gasteiger partial charge is 1.00 e. The number of esters is 2. The third kappa shape index (κ3) is 35.5. The molecule has 0 fully saturated rings. The van der Waals surface area contributed by atoms with Crippen molar-refractivity contribution < 1.29 is 69.5 Å². The predicted molar refractivity (Wildman–Crippen MR) is 110 cm³/mol. The van der Waals surface area contributed by atoms with E-state index in [-0.39, 0.29) is 101 Å². The second-order valence-corrected chi connectivity index (χ2v) is 5.13. The summed E-state index contributed by atoms with van der Waals surface area (Å²) in [6, 6.07) is 0. The molecule has 0 heterocycles. The van der Waals surface area contributed by atoms with Crippen LogP contribution in [0, 0.1) is 0 Å². The van der Waals surface area contributed by atoms with E-state index < -0.39 is 11.9 Å². The number of carbonyl (C=O) groups is 4. The zero-order valence-electron chi connectivity index (χ0n) is 19.4. The van der Waals surface area contributed by atoms with Gasteiger partial charge in [-0.15, -0.1) is 11.6 Å². The van der Waals surface area contributed by atoms with Crippen molar-refractivity contribution in [3.63, 3.8) is 0 Å². The molecule has 0 rings (SSSR count). The molecule has 32 heavy (non-hydrogen) atoms. The van der Waals surface area contributed by atoms with Crippen LogP contribution in [0.3, 0.4) is 0 Å². The van der Waals surface area contributed by atoms with E-state index >= 15 is 0 Å². The number of hydrogen-bond donors (Lipinski definition) is 1. The fraction of sp³-hybridized carbons (Fsp3) is 0.750. The molecular formula is C16H28ClN6NaO8. The Morgan fingerprint density at radius 3 is 1.78 bits per heavy atom. The predicted octanol–water partition coefficient (Wildman–Crippen LogP) is -1.01. The summed E-state index contributed by atoms with van der Waals surface area (Å²) in [4.78, 5) is 47.7. The van der Waals surface area contributed by atoms with Crippen molar-refractivity contribution in [2.45, 2.75) is 26.7 Å². The Hall–Kier alpha value is -1.89. The first kappa shape index (κ1) is 37.4. The van der Waals surface area contributed by atoms with Crippen molar-refractivity contribution in [1.82, 2.24) is 0 Å². The Morgan fingerprint density at radius 1 is 0.938 bits per heavy atom. The van der Waals surface area contributed by atoms with Gasteiger partial charge in [0.25, 0.3) is 0 Å². The van der Waals surface area contributed by atoms with Crippen LogP contribution in [0.4, 0.5) is 0 Å². The molecule has 0 aliphatic rings. The molecule has 0 spiro atoms. The third-order valence-electron chi connectivity index (χ3n) is 2.37. The molecule has 0 aromatic heterocycles. The van der Waals surface area contributed by atoms with E-state index in [4.69, 9.17) is 32.5 Å². The van der Waals surface area contributed by atoms with E-state index in [2.05, 4.69) is 29.5 Å². The number of carbonyl (C=O) groups excluding carboxylic acids is 4. The molecule has 0 radical (unpaired) electrons. The molecule has 0 bridgehead atoms. The van der Waals surface area contributed by atoms with E-state index in [0.717, 1.165) is 0 Å². The van der Waals surface area contributed by atoms with E-state index in [1.54, 1.807) is 13.8 Å². The molecule has 16 heteroatoms. The number of aliphatic hydroxyl groups excluding tert-OH is 1. The first-order valence-corrected chi connectivity index (χ1v) is 9.47. The number of hydrogen-bond acceptors (Lipinski definition) is 10. The number of ether oxygens (including phenoxy) is 3. The Morgan fingerprint density at radius 2 is 1.41 bits per heavy atom. The maximum Gasteiger partial charge on any atom is 1.00 e. The molecule has 0 aliphatic heterocycles. The van der Waals surface area contributed by atoms with Gasteiger partial charge in [0.2, 0.25) is 0 Å². The van der Waals surface area contributed by atoms with E-state index in [0.29, 0.717) is 6.61 Å². The summed E-state index contributed by atoms with van der Waals surface area (Å²) in [6.45, 7) is 4.18. The summed E-state index contributed by atoms with van der Waals surface area (Å²) in [5.41, 5.74) is 15.5. The second-order valence-electron chi connectivity index (χ2n) is 4.86. The maximum atomic E-state index is 11.0. The minimum atomic E-state index is -0.554. The van der Waals surface area contributed by atoms with Gasteiger partial charge in [0.15, 0.2) is 11.6 Å². The number of nitrogens with zero attached hydrogens (tertiary/aromatic N) is 6. The first-order valence-electron chi connectivity index (χ1n) is 8.93. The van der Waals surface area contributed by atoms with Gasteiger partial charge in [-0.1, -0.05) is 10.2 Å². The average molecular weight is 491 g/mol. The van der Waals surface area contributed by atoms with Gasteiger partial charge in [0.1, 0.15) is 19.4 Å². The van der Waals surface area contributed by atoms with Crippen molar-refractivity contribution in [2.24, 2.45) is 10.2 Å². The van der Waals surface area contributed by atoms with Crippen LogP contribution in [-0.2, 0) is 33.4 Å². The Labute approximate surface area is 213 Å². The SMILES string of the molecule is CCOC(=O)CC(=O)CCl.CCOC(=O)CC(=O)COCCN=[N+]=[N-].[H-].[N-]=[N+]=NCCO.[Na+]. The third-order valence-corrected chi connectivity index (χ3v) is 2.67. The number of alkyl halides is 1. The van der Waals surface area contributed by atoms with Gasteiger partial charge >= 0.3 is 41.5 Å². The van der Waals surface area contributed by atoms with Gasteiger partial charge in [-0.3, -0.25) is 19.2 Å². The molecule has 0 amide bonds. The van der Waals surface area contributed by atoms with Gasteiger partial charge in [-0.2, -0.15) is 0 Å². The van der Waals surface area contributed by atoms with Crippen LogP contribution in [-0.4, -0.2) is 80.6 Å². The maximum absolute atomic E-state index is 11.0. The number of ketones is 2. The van der Waals surface area contributed by atoms with Gasteiger partial charge in [-0.25, -0.2) is 0 Å². The van der Waals surface area contributed by atoms with Crippen LogP contribution < -0.4 is 29.6 Å². The van der Waals surface area contributed by atoms with Crippen LogP contribution >= 0.6 is 11.6 Å². The molecule has 0 unspecified atom stereocenters. The molecule has 0 aromatic rings. The molecule has 0 saturated carbocycles. The van der Waals surface area contributed by atoms with Crippen molar-refractivity contribution in [2.75, 3.05) is 52.0 Å². The largest absolute Gasteiger partial charge is 1.00 e. The van der Waals surface area contributed by atoms with Gasteiger partial charge in [0.05, 0.1) is 25.7 Å². The summed E-state index contributed by atoms with van der Waals surface area (Å²) in [5.74, 6) is -1.84. The van der Waals surface area contributed by atoms with Crippen LogP contribution in [0.5, 0.6) is 0 Å². The molecule has 178 valence electrons. The summed E-state index contributed by atoms with van der Waals surface area (Å²) >= 11 is 5.14. The van der Waals surface area contributed by atoms with E-state index in [9.17, 15) is 19.2 Å². The van der Waals surface area contributed by atoms with Crippen molar-refractivity contribution in [3.05, 3.63) is 20.9 Å². The number of rotatable bonds is 14. The molecular weight excluding hydrogens is 463 g/mol. The van der Waals surface area contributed by atoms with Crippen LogP contribution in [0.2, 0.25) is 0 Å². The monoisotopic (exact) mass is 490 g/mol. The summed E-state index contributed by atoms with van der Waals surface area (Å²) < 4.78 is 13.9. The molecule has 1 N–H and O–H groups in total. The van der Waals surface area contributed by atoms with Gasteiger partial charge in [0, 0.05) is 29.5 Å². The summed E-state index contributed by atoms with van der Waals surface area (Å²) in [7, 11) is 0. The van der Waals surface area contributed by atoms with Crippen LogP contribution in [0.15, 0.2) is 10.2 Å². The Kier molecular flexibility index (Phi) is 36.6. The summed E-state index contributed by atoms with van der Waals surface area (Å²) in [6.07, 6.45) is -0.493. The van der Waals surface area contributed by atoms with Gasteiger partial charge in [-0.05, 0) is 24.9 Å². The van der Waals surface area contributed by atoms with Crippen molar-refractivity contribution in [1.29, 1.82) is 0 Å². The quantitative estimate of drug-likeness (QED) is 0.0463. The van der Waals surface area contributed by atoms with Crippen LogP contribution in [0.25, 0.3) is 20.9 Å². The Balaban J connectivity index is -0.000000126. The topological polar surface area (TPSA) is 214 Å². The van der Waals surface area contributed by atoms with Gasteiger partial charge < -0.3 is 20.7 Å². The normalized spacial score (nSPS) is 8.38. The number of Topliss-reactive ketones (excluding diaryl/α,β-unsaturated/α-hetero) is 2. The minimum absolute atomic E-state index is 0. The molecule has 0 aliphatic carbocycles. The molecule has 0 saturated heterocycles. The number of azide groups is 2. The van der Waals surface area contributed by atoms with Crippen LogP contribution in [0.1, 0.15) is 28.1 Å². The fourth-order valence-corrected chi connectivity index (χ4v) is 1.36. The first-order chi connectivity index (χ1) is 14.8. The fourth-order valence-electron chi connectivity index (χ4n) is 1.27. The zero-order chi connectivity index (χ0) is 24.3. The second kappa shape index (κ2) is 31.3. The zero-order valence-corrected chi connectivity index (χ0v) is 21.2. The standard InChI is InChI=1S/C8H13N3O4.C6H9ClO3.C2H5N3O.Na.H/c1-2-15-8(13)5-7(12)6-14-4-3-10-11-9;1-2-10-6(9)3-5(8)4-7;3-5-4-1-2-6;;/h2-6H2,1H3;2-4H2,1H3;6H,1-2H2;;/q;;;+1;-1. The molecule has 0 aromatic carbocycles. The Bertz CT molecular complexity index is 634. The van der Waals surface area contributed by atoms with Crippen molar-refractivity contribution in [3.8, 4) is 0 Å². The average Bonchev–Trinajstić information content (AvgIpc) is 2.73. The van der Waals surface area contributed by atoms with Crippen molar-refractivity contribution >= 4 is 35.1 Å². The van der Waals surface area contributed by atoms with E-state index in [1.807, 2.05) is 0 Å².